The van der Waals surface area contributed by atoms with Gasteiger partial charge in [-0.2, -0.15) is 0 Å². The van der Waals surface area contributed by atoms with Gasteiger partial charge in [-0.15, -0.1) is 11.3 Å². The first kappa shape index (κ1) is 14.3. The molecule has 2 aromatic heterocycles. The molecule has 4 heteroatoms. The summed E-state index contributed by atoms with van der Waals surface area (Å²) < 4.78 is 5.75. The van der Waals surface area contributed by atoms with E-state index in [9.17, 15) is 0 Å². The van der Waals surface area contributed by atoms with Gasteiger partial charge in [0.1, 0.15) is 11.5 Å². The third-order valence-corrected chi connectivity index (χ3v) is 4.25. The molecule has 2 atom stereocenters. The molecule has 0 aliphatic heterocycles. The average molecular weight is 278 g/mol. The number of nitrogens with two attached hydrogens (primary N) is 1. The largest absolute Gasteiger partial charge is 0.465 e. The van der Waals surface area contributed by atoms with Crippen molar-refractivity contribution in [2.75, 3.05) is 13.6 Å². The number of hydrogen-bond donors (Lipinski definition) is 1. The lowest BCUT2D eigenvalue weighted by atomic mass is 10.1. The van der Waals surface area contributed by atoms with Gasteiger partial charge in [-0.05, 0) is 50.9 Å². The molecular weight excluding hydrogens is 256 g/mol. The zero-order chi connectivity index (χ0) is 13.8. The smallest absolute Gasteiger partial charge is 0.122 e. The molecule has 0 saturated heterocycles. The van der Waals surface area contributed by atoms with E-state index >= 15 is 0 Å². The van der Waals surface area contributed by atoms with Crippen LogP contribution in [0.15, 0.2) is 34.1 Å². The molecule has 2 rings (SSSR count). The minimum atomic E-state index is 0.0406. The van der Waals surface area contributed by atoms with Crippen LogP contribution in [0.2, 0.25) is 0 Å². The Kier molecular flexibility index (Phi) is 4.80. The van der Waals surface area contributed by atoms with Crippen molar-refractivity contribution in [3.63, 3.8) is 0 Å². The number of aryl methyl sites for hydroxylation is 1. The summed E-state index contributed by atoms with van der Waals surface area (Å²) in [5.74, 6) is 1.90. The molecule has 104 valence electrons. The molecule has 0 aromatic carbocycles. The quantitative estimate of drug-likeness (QED) is 0.882. The van der Waals surface area contributed by atoms with Gasteiger partial charge in [-0.25, -0.2) is 0 Å². The first-order valence-electron chi connectivity index (χ1n) is 6.62. The van der Waals surface area contributed by atoms with E-state index < -0.39 is 0 Å². The average Bonchev–Trinajstić information content (AvgIpc) is 2.98. The summed E-state index contributed by atoms with van der Waals surface area (Å²) in [6.07, 6.45) is 1.05. The van der Waals surface area contributed by atoms with E-state index in [-0.39, 0.29) is 12.1 Å². The number of thiophene rings is 1. The van der Waals surface area contributed by atoms with Crippen molar-refractivity contribution in [3.8, 4) is 0 Å². The minimum absolute atomic E-state index is 0.0406. The molecule has 0 saturated carbocycles. The molecular formula is C15H22N2OS. The number of likely N-dealkylation sites (N-methyl/N-ethyl adjacent to an activating group) is 1. The summed E-state index contributed by atoms with van der Waals surface area (Å²) in [4.78, 5) is 3.69. The van der Waals surface area contributed by atoms with E-state index in [4.69, 9.17) is 10.2 Å². The summed E-state index contributed by atoms with van der Waals surface area (Å²) >= 11 is 1.80. The number of rotatable bonds is 6. The molecule has 0 radical (unpaired) electrons. The highest BCUT2D eigenvalue weighted by molar-refractivity contribution is 7.09. The Bertz CT molecular complexity index is 490. The zero-order valence-electron chi connectivity index (χ0n) is 11.8. The van der Waals surface area contributed by atoms with Crippen LogP contribution in [0.5, 0.6) is 0 Å². The number of furan rings is 1. The summed E-state index contributed by atoms with van der Waals surface area (Å²) in [6.45, 7) is 4.98. The Morgan fingerprint density at radius 3 is 2.68 bits per heavy atom. The fourth-order valence-electron chi connectivity index (χ4n) is 2.37. The molecule has 2 N–H and O–H groups in total. The van der Waals surface area contributed by atoms with Crippen LogP contribution in [0, 0.1) is 6.92 Å². The summed E-state index contributed by atoms with van der Waals surface area (Å²) in [6, 6.07) is 8.48. The fourth-order valence-corrected chi connectivity index (χ4v) is 3.07. The second-order valence-electron chi connectivity index (χ2n) is 5.06. The van der Waals surface area contributed by atoms with E-state index in [1.165, 1.54) is 4.88 Å². The highest BCUT2D eigenvalue weighted by atomic mass is 32.1. The Labute approximate surface area is 119 Å². The Hall–Kier alpha value is -1.10. The fraction of sp³-hybridized carbons (Fsp3) is 0.467. The third-order valence-electron chi connectivity index (χ3n) is 3.32. The molecule has 0 spiro atoms. The van der Waals surface area contributed by atoms with E-state index in [1.54, 1.807) is 11.3 Å². The molecule has 0 aliphatic rings. The van der Waals surface area contributed by atoms with Gasteiger partial charge in [-0.3, -0.25) is 4.90 Å². The molecule has 0 amide bonds. The lowest BCUT2D eigenvalue weighted by Crippen LogP contribution is -2.38. The minimum Gasteiger partial charge on any atom is -0.465 e. The van der Waals surface area contributed by atoms with Crippen molar-refractivity contribution in [2.24, 2.45) is 5.73 Å². The molecule has 19 heavy (non-hydrogen) atoms. The Morgan fingerprint density at radius 2 is 2.16 bits per heavy atom. The van der Waals surface area contributed by atoms with E-state index in [1.807, 2.05) is 26.0 Å². The van der Waals surface area contributed by atoms with Crippen LogP contribution in [-0.2, 0) is 6.42 Å². The normalized spacial score (nSPS) is 14.8. The van der Waals surface area contributed by atoms with Gasteiger partial charge < -0.3 is 10.2 Å². The molecule has 2 unspecified atom stereocenters. The van der Waals surface area contributed by atoms with Gasteiger partial charge in [-0.1, -0.05) is 6.07 Å². The lowest BCUT2D eigenvalue weighted by Gasteiger charge is -2.29. The predicted molar refractivity (Wildman–Crippen MR) is 80.5 cm³/mol. The topological polar surface area (TPSA) is 42.4 Å². The van der Waals surface area contributed by atoms with Crippen LogP contribution in [-0.4, -0.2) is 24.5 Å². The first-order chi connectivity index (χ1) is 9.08. The molecule has 2 heterocycles. The van der Waals surface area contributed by atoms with Gasteiger partial charge >= 0.3 is 0 Å². The second kappa shape index (κ2) is 6.37. The molecule has 0 aliphatic carbocycles. The van der Waals surface area contributed by atoms with Crippen LogP contribution in [0.1, 0.15) is 29.4 Å². The number of hydrogen-bond acceptors (Lipinski definition) is 4. The Morgan fingerprint density at radius 1 is 1.37 bits per heavy atom. The molecule has 2 aromatic rings. The Balaban J connectivity index is 2.02. The predicted octanol–water partition coefficient (Wildman–Crippen LogP) is 3.21. The van der Waals surface area contributed by atoms with Crippen molar-refractivity contribution in [1.82, 2.24) is 4.90 Å². The monoisotopic (exact) mass is 278 g/mol. The molecule has 0 fully saturated rings. The summed E-state index contributed by atoms with van der Waals surface area (Å²) in [5.41, 5.74) is 6.13. The summed E-state index contributed by atoms with van der Waals surface area (Å²) in [5, 5.41) is 2.12. The number of nitrogens with zero attached hydrogens (tertiary/aromatic N) is 1. The van der Waals surface area contributed by atoms with Crippen molar-refractivity contribution < 1.29 is 4.42 Å². The second-order valence-corrected chi connectivity index (χ2v) is 6.09. The zero-order valence-corrected chi connectivity index (χ0v) is 12.6. The maximum Gasteiger partial charge on any atom is 0.122 e. The lowest BCUT2D eigenvalue weighted by molar-refractivity contribution is 0.192. The van der Waals surface area contributed by atoms with Crippen LogP contribution < -0.4 is 5.73 Å². The van der Waals surface area contributed by atoms with E-state index in [2.05, 4.69) is 29.5 Å². The van der Waals surface area contributed by atoms with Gasteiger partial charge in [0.2, 0.25) is 0 Å². The van der Waals surface area contributed by atoms with Gasteiger partial charge in [0.05, 0.1) is 6.04 Å². The highest BCUT2D eigenvalue weighted by Gasteiger charge is 2.24. The standard InChI is InChI=1S/C15H22N2OS/c1-11-6-7-14(18-11)15(12(2)16)17(3)9-8-13-5-4-10-19-13/h4-7,10,12,15H,8-9,16H2,1-3H3. The first-order valence-corrected chi connectivity index (χ1v) is 7.50. The van der Waals surface area contributed by atoms with Gasteiger partial charge in [0, 0.05) is 17.5 Å². The highest BCUT2D eigenvalue weighted by Crippen LogP contribution is 2.24. The maximum absolute atomic E-state index is 6.13. The van der Waals surface area contributed by atoms with Crippen LogP contribution in [0.3, 0.4) is 0 Å². The van der Waals surface area contributed by atoms with Crippen LogP contribution >= 0.6 is 11.3 Å². The summed E-state index contributed by atoms with van der Waals surface area (Å²) in [7, 11) is 2.11. The van der Waals surface area contributed by atoms with Crippen molar-refractivity contribution in [3.05, 3.63) is 46.0 Å². The van der Waals surface area contributed by atoms with Crippen LogP contribution in [0.4, 0.5) is 0 Å². The van der Waals surface area contributed by atoms with E-state index in [0.29, 0.717) is 0 Å². The van der Waals surface area contributed by atoms with Crippen molar-refractivity contribution in [1.29, 1.82) is 0 Å². The third kappa shape index (κ3) is 3.69. The SMILES string of the molecule is Cc1ccc(C(C(C)N)N(C)CCc2cccs2)o1. The van der Waals surface area contributed by atoms with Crippen molar-refractivity contribution in [2.45, 2.75) is 32.4 Å². The van der Waals surface area contributed by atoms with Crippen LogP contribution in [0.25, 0.3) is 0 Å². The molecule has 3 nitrogen and oxygen atoms in total. The molecule has 0 bridgehead atoms. The van der Waals surface area contributed by atoms with E-state index in [0.717, 1.165) is 24.5 Å². The van der Waals surface area contributed by atoms with Gasteiger partial charge in [0.25, 0.3) is 0 Å². The van der Waals surface area contributed by atoms with Crippen molar-refractivity contribution >= 4 is 11.3 Å². The maximum atomic E-state index is 6.13. The van der Waals surface area contributed by atoms with Gasteiger partial charge in [0.15, 0.2) is 0 Å².